The van der Waals surface area contributed by atoms with Crippen LogP contribution in [0.5, 0.6) is 0 Å². The fraction of sp³-hybridized carbons (Fsp3) is 1.00. The van der Waals surface area contributed by atoms with Gasteiger partial charge in [0.2, 0.25) is 8.32 Å². The highest BCUT2D eigenvalue weighted by Crippen LogP contribution is 2.37. The van der Waals surface area contributed by atoms with Crippen LogP contribution >= 0.6 is 0 Å². The largest absolute Gasteiger partial charge is 0.417 e. The summed E-state index contributed by atoms with van der Waals surface area (Å²) in [6, 6.07) is 2.68. The molecular formula is C9H18O2Si. The van der Waals surface area contributed by atoms with Gasteiger partial charge < -0.3 is 9.16 Å². The summed E-state index contributed by atoms with van der Waals surface area (Å²) in [6.45, 7) is 0.975. The van der Waals surface area contributed by atoms with E-state index in [1.54, 1.807) is 0 Å². The normalized spacial score (nSPS) is 34.2. The number of hydrogen-bond donors (Lipinski definition) is 0. The molecule has 1 atom stereocenters. The van der Waals surface area contributed by atoms with Crippen molar-refractivity contribution in [3.8, 4) is 0 Å². The third kappa shape index (κ3) is 1.34. The van der Waals surface area contributed by atoms with Crippen LogP contribution in [-0.2, 0) is 9.16 Å². The second-order valence-corrected chi connectivity index (χ2v) is 8.16. The summed E-state index contributed by atoms with van der Waals surface area (Å²) in [5, 5.41) is 0. The summed E-state index contributed by atoms with van der Waals surface area (Å²) in [6.07, 6.45) is 5.27. The van der Waals surface area contributed by atoms with Crippen LogP contribution in [0.1, 0.15) is 25.7 Å². The van der Waals surface area contributed by atoms with Crippen LogP contribution < -0.4 is 0 Å². The van der Waals surface area contributed by atoms with Gasteiger partial charge in [-0.2, -0.15) is 0 Å². The van der Waals surface area contributed by atoms with E-state index < -0.39 is 8.32 Å². The van der Waals surface area contributed by atoms with Crippen molar-refractivity contribution < 1.29 is 9.16 Å². The van der Waals surface area contributed by atoms with E-state index in [2.05, 4.69) is 0 Å². The highest BCUT2D eigenvalue weighted by atomic mass is 28.4. The first-order chi connectivity index (χ1) is 5.87. The Kier molecular flexibility index (Phi) is 2.53. The van der Waals surface area contributed by atoms with Gasteiger partial charge in [0, 0.05) is 13.7 Å². The molecule has 2 heterocycles. The van der Waals surface area contributed by atoms with Crippen molar-refractivity contribution in [2.45, 2.75) is 43.5 Å². The van der Waals surface area contributed by atoms with Crippen LogP contribution in [-0.4, -0.2) is 27.8 Å². The molecule has 1 unspecified atom stereocenters. The van der Waals surface area contributed by atoms with Gasteiger partial charge in [-0.1, -0.05) is 12.8 Å². The van der Waals surface area contributed by atoms with Crippen molar-refractivity contribution in [2.24, 2.45) is 0 Å². The van der Waals surface area contributed by atoms with Gasteiger partial charge in [-0.3, -0.25) is 0 Å². The molecule has 0 saturated carbocycles. The average Bonchev–Trinajstić information content (AvgIpc) is 2.76. The smallest absolute Gasteiger partial charge is 0.220 e. The van der Waals surface area contributed by atoms with E-state index in [4.69, 9.17) is 9.16 Å². The van der Waals surface area contributed by atoms with Crippen LogP contribution in [0.4, 0.5) is 0 Å². The van der Waals surface area contributed by atoms with E-state index in [1.807, 2.05) is 7.11 Å². The lowest BCUT2D eigenvalue weighted by Gasteiger charge is -2.30. The molecular weight excluding hydrogens is 168 g/mol. The molecule has 0 N–H and O–H groups in total. The molecule has 2 aliphatic rings. The average molecular weight is 186 g/mol. The quantitative estimate of drug-likeness (QED) is 0.615. The Labute approximate surface area is 75.4 Å². The van der Waals surface area contributed by atoms with Crippen LogP contribution in [0.3, 0.4) is 0 Å². The van der Waals surface area contributed by atoms with Crippen LogP contribution in [0, 0.1) is 0 Å². The molecule has 0 bridgehead atoms. The highest BCUT2D eigenvalue weighted by Gasteiger charge is 2.46. The molecule has 12 heavy (non-hydrogen) atoms. The van der Waals surface area contributed by atoms with E-state index in [9.17, 15) is 0 Å². The zero-order valence-electron chi connectivity index (χ0n) is 7.84. The molecule has 0 aliphatic carbocycles. The summed E-state index contributed by atoms with van der Waals surface area (Å²) in [5.41, 5.74) is 0.532. The van der Waals surface area contributed by atoms with E-state index in [0.29, 0.717) is 5.73 Å². The number of rotatable bonds is 2. The van der Waals surface area contributed by atoms with Crippen molar-refractivity contribution in [1.29, 1.82) is 0 Å². The molecule has 0 amide bonds. The summed E-state index contributed by atoms with van der Waals surface area (Å²) in [7, 11) is 0.507. The summed E-state index contributed by atoms with van der Waals surface area (Å²) >= 11 is 0. The van der Waals surface area contributed by atoms with Gasteiger partial charge in [-0.25, -0.2) is 0 Å². The van der Waals surface area contributed by atoms with Crippen molar-refractivity contribution in [3.05, 3.63) is 0 Å². The molecule has 2 saturated heterocycles. The molecule has 0 spiro atoms. The summed E-state index contributed by atoms with van der Waals surface area (Å²) < 4.78 is 11.6. The first-order valence-electron chi connectivity index (χ1n) is 5.04. The highest BCUT2D eigenvalue weighted by molar-refractivity contribution is 6.75. The lowest BCUT2D eigenvalue weighted by atomic mass is 10.4. The van der Waals surface area contributed by atoms with Crippen molar-refractivity contribution in [2.75, 3.05) is 13.7 Å². The minimum Gasteiger partial charge on any atom is -0.417 e. The number of hydrogen-bond acceptors (Lipinski definition) is 2. The van der Waals surface area contributed by atoms with Gasteiger partial charge in [0.1, 0.15) is 0 Å². The Morgan fingerprint density at radius 2 is 2.00 bits per heavy atom. The van der Waals surface area contributed by atoms with Gasteiger partial charge in [0.05, 0.1) is 5.73 Å². The molecule has 0 aromatic carbocycles. The Morgan fingerprint density at radius 3 is 2.50 bits per heavy atom. The Bertz CT molecular complexity index is 149. The lowest BCUT2D eigenvalue weighted by Crippen LogP contribution is -2.46. The van der Waals surface area contributed by atoms with Gasteiger partial charge in [-0.05, 0) is 24.9 Å². The molecule has 2 aliphatic heterocycles. The van der Waals surface area contributed by atoms with E-state index >= 15 is 0 Å². The molecule has 2 fully saturated rings. The Morgan fingerprint density at radius 1 is 1.25 bits per heavy atom. The van der Waals surface area contributed by atoms with Gasteiger partial charge >= 0.3 is 0 Å². The minimum atomic E-state index is -1.40. The predicted molar refractivity (Wildman–Crippen MR) is 50.6 cm³/mol. The summed E-state index contributed by atoms with van der Waals surface area (Å²) in [5.74, 6) is 0. The SMILES string of the molecule is CO[Si]1(C2CCCO2)CCCC1. The monoisotopic (exact) mass is 186 g/mol. The van der Waals surface area contributed by atoms with Crippen molar-refractivity contribution >= 4 is 8.32 Å². The topological polar surface area (TPSA) is 18.5 Å². The zero-order chi connectivity index (χ0) is 8.44. The van der Waals surface area contributed by atoms with Gasteiger partial charge in [0.25, 0.3) is 0 Å². The molecule has 2 nitrogen and oxygen atoms in total. The molecule has 0 aromatic heterocycles. The first-order valence-corrected chi connectivity index (χ1v) is 7.44. The van der Waals surface area contributed by atoms with Crippen molar-refractivity contribution in [3.63, 3.8) is 0 Å². The van der Waals surface area contributed by atoms with Gasteiger partial charge in [0.15, 0.2) is 0 Å². The molecule has 0 radical (unpaired) electrons. The molecule has 0 aromatic rings. The van der Waals surface area contributed by atoms with Gasteiger partial charge in [-0.15, -0.1) is 0 Å². The standard InChI is InChI=1S/C9H18O2Si/c1-10-12(7-2-3-8-12)9-5-4-6-11-9/h9H,2-8H2,1H3. The van der Waals surface area contributed by atoms with Crippen LogP contribution in [0.25, 0.3) is 0 Å². The second kappa shape index (κ2) is 3.48. The second-order valence-electron chi connectivity index (χ2n) is 3.98. The zero-order valence-corrected chi connectivity index (χ0v) is 8.84. The van der Waals surface area contributed by atoms with E-state index in [0.717, 1.165) is 6.61 Å². The maximum absolute atomic E-state index is 5.80. The predicted octanol–water partition coefficient (Wildman–Crippen LogP) is 2.09. The van der Waals surface area contributed by atoms with Crippen molar-refractivity contribution in [1.82, 2.24) is 0 Å². The molecule has 2 rings (SSSR count). The first kappa shape index (κ1) is 8.72. The van der Waals surface area contributed by atoms with Crippen LogP contribution in [0.15, 0.2) is 0 Å². The number of ether oxygens (including phenoxy) is 1. The summed E-state index contributed by atoms with van der Waals surface area (Å²) in [4.78, 5) is 0. The van der Waals surface area contributed by atoms with E-state index in [-0.39, 0.29) is 0 Å². The molecule has 3 heteroatoms. The van der Waals surface area contributed by atoms with Crippen LogP contribution in [0.2, 0.25) is 12.1 Å². The minimum absolute atomic E-state index is 0.532. The Hall–Kier alpha value is 0.137. The lowest BCUT2D eigenvalue weighted by molar-refractivity contribution is 0.140. The third-order valence-electron chi connectivity index (χ3n) is 3.37. The van der Waals surface area contributed by atoms with E-state index in [1.165, 1.54) is 37.8 Å². The fourth-order valence-electron chi connectivity index (χ4n) is 2.62. The maximum Gasteiger partial charge on any atom is 0.220 e. The maximum atomic E-state index is 5.80. The fourth-order valence-corrected chi connectivity index (χ4v) is 7.04. The molecule has 70 valence electrons. The Balaban J connectivity index is 2.04. The third-order valence-corrected chi connectivity index (χ3v) is 8.21.